The highest BCUT2D eigenvalue weighted by molar-refractivity contribution is 6.45. The second-order valence-corrected chi connectivity index (χ2v) is 7.58. The number of anilines is 1. The van der Waals surface area contributed by atoms with Crippen molar-refractivity contribution in [3.8, 4) is 23.1 Å². The number of methoxy groups -OCH3 is 1. The molecule has 37 heavy (non-hydrogen) atoms. The van der Waals surface area contributed by atoms with Crippen LogP contribution in [0.2, 0.25) is 0 Å². The average Bonchev–Trinajstić information content (AvgIpc) is 2.89. The molecule has 0 saturated carbocycles. The van der Waals surface area contributed by atoms with Crippen LogP contribution in [0.15, 0.2) is 23.2 Å². The van der Waals surface area contributed by atoms with Crippen LogP contribution in [0.1, 0.15) is 50.8 Å². The molecule has 1 aromatic carbocycles. The Kier molecular flexibility index (Phi) is 12.7. The van der Waals surface area contributed by atoms with Crippen molar-refractivity contribution >= 4 is 23.4 Å². The molecule has 10 nitrogen and oxygen atoms in total. The molecule has 2 aromatic rings. The number of halogens is 1. The number of rotatable bonds is 10. The van der Waals surface area contributed by atoms with E-state index >= 15 is 0 Å². The van der Waals surface area contributed by atoms with Crippen LogP contribution in [0.4, 0.5) is 10.2 Å². The average molecular weight is 513 g/mol. The molecule has 1 aromatic heterocycles. The second kappa shape index (κ2) is 15.2. The summed E-state index contributed by atoms with van der Waals surface area (Å²) >= 11 is 0. The number of aromatic nitrogens is 1. The zero-order valence-electron chi connectivity index (χ0n) is 22.4. The van der Waals surface area contributed by atoms with Crippen LogP contribution in [0.5, 0.6) is 5.75 Å². The van der Waals surface area contributed by atoms with E-state index in [1.54, 1.807) is 6.92 Å². The van der Waals surface area contributed by atoms with Gasteiger partial charge in [-0.3, -0.25) is 10.8 Å². The molecular formula is C26H37FN8O2. The molecule has 1 heterocycles. The maximum atomic E-state index is 14.6. The highest BCUT2D eigenvalue weighted by Gasteiger charge is 2.24. The van der Waals surface area contributed by atoms with Gasteiger partial charge in [0.2, 0.25) is 5.90 Å². The largest absolute Gasteiger partial charge is 0.497 e. The molecule has 0 saturated heterocycles. The predicted octanol–water partition coefficient (Wildman–Crippen LogP) is 4.09. The Hall–Kier alpha value is -4.04. The zero-order valence-corrected chi connectivity index (χ0v) is 22.4. The second-order valence-electron chi connectivity index (χ2n) is 7.58. The number of ether oxygens (including phenoxy) is 2. The number of nitrogens with two attached hydrogens (primary N) is 2. The maximum absolute atomic E-state index is 14.6. The van der Waals surface area contributed by atoms with E-state index in [0.29, 0.717) is 12.3 Å². The van der Waals surface area contributed by atoms with Gasteiger partial charge >= 0.3 is 0 Å². The Morgan fingerprint density at radius 3 is 2.43 bits per heavy atom. The van der Waals surface area contributed by atoms with E-state index in [4.69, 9.17) is 31.8 Å². The lowest BCUT2D eigenvalue weighted by Crippen LogP contribution is -2.28. The van der Waals surface area contributed by atoms with Crippen LogP contribution in [-0.4, -0.2) is 60.8 Å². The van der Waals surface area contributed by atoms with E-state index in [2.05, 4.69) is 28.7 Å². The third kappa shape index (κ3) is 7.98. The summed E-state index contributed by atoms with van der Waals surface area (Å²) in [4.78, 5) is 10.5. The molecule has 0 bridgehead atoms. The van der Waals surface area contributed by atoms with Gasteiger partial charge in [0, 0.05) is 18.2 Å². The Morgan fingerprint density at radius 1 is 1.24 bits per heavy atom. The molecule has 6 N–H and O–H groups in total. The minimum absolute atomic E-state index is 0.0221. The van der Waals surface area contributed by atoms with Crippen molar-refractivity contribution in [1.82, 2.24) is 9.88 Å². The van der Waals surface area contributed by atoms with Gasteiger partial charge in [0.1, 0.15) is 29.2 Å². The van der Waals surface area contributed by atoms with Crippen molar-refractivity contribution < 1.29 is 13.9 Å². The van der Waals surface area contributed by atoms with E-state index in [-0.39, 0.29) is 39.8 Å². The summed E-state index contributed by atoms with van der Waals surface area (Å²) < 4.78 is 24.9. The number of hydrogen-bond donors (Lipinski definition) is 4. The number of nitrogen functional groups attached to an aromatic ring is 1. The van der Waals surface area contributed by atoms with Crippen molar-refractivity contribution in [2.75, 3.05) is 39.0 Å². The number of nitrogens with zero attached hydrogens (tertiary/aromatic N) is 4. The lowest BCUT2D eigenvalue weighted by atomic mass is 9.95. The molecule has 0 spiro atoms. The SMILES string of the molecule is CC.CCN(CC)CCCN=C(N)OC(=N)C(=N)c1c(N)nc(-c2ccc(OC)cc2F)c(C#N)c1C. The fraction of sp³-hybridized carbons (Fsp3) is 0.423. The van der Waals surface area contributed by atoms with E-state index < -0.39 is 17.4 Å². The Bertz CT molecular complexity index is 1170. The van der Waals surface area contributed by atoms with Gasteiger partial charge in [-0.25, -0.2) is 14.4 Å². The lowest BCUT2D eigenvalue weighted by Gasteiger charge is -2.17. The number of nitriles is 1. The van der Waals surface area contributed by atoms with Gasteiger partial charge in [-0.05, 0) is 50.7 Å². The first-order valence-corrected chi connectivity index (χ1v) is 12.1. The van der Waals surface area contributed by atoms with Gasteiger partial charge in [-0.1, -0.05) is 27.7 Å². The quantitative estimate of drug-likeness (QED) is 0.211. The molecule has 0 aliphatic rings. The fourth-order valence-electron chi connectivity index (χ4n) is 3.51. The molecule has 0 amide bonds. The third-order valence-corrected chi connectivity index (χ3v) is 5.50. The molecule has 2 rings (SSSR count). The minimum atomic E-state index is -0.643. The zero-order chi connectivity index (χ0) is 28.1. The normalized spacial score (nSPS) is 10.8. The maximum Gasteiger partial charge on any atom is 0.288 e. The highest BCUT2D eigenvalue weighted by atomic mass is 19.1. The summed E-state index contributed by atoms with van der Waals surface area (Å²) in [5.74, 6) is -1.08. The number of pyridine rings is 1. The number of amidine groups is 1. The topological polar surface area (TPSA) is 170 Å². The van der Waals surface area contributed by atoms with Crippen LogP contribution in [-0.2, 0) is 4.74 Å². The lowest BCUT2D eigenvalue weighted by molar-refractivity contribution is 0.301. The molecule has 200 valence electrons. The highest BCUT2D eigenvalue weighted by Crippen LogP contribution is 2.32. The first-order chi connectivity index (χ1) is 17.7. The Balaban J connectivity index is 0.00000334. The molecule has 0 radical (unpaired) electrons. The van der Waals surface area contributed by atoms with Crippen molar-refractivity contribution in [2.45, 2.75) is 41.0 Å². The summed E-state index contributed by atoms with van der Waals surface area (Å²) in [6, 6.07) is 5.89. The summed E-state index contributed by atoms with van der Waals surface area (Å²) in [6.07, 6.45) is 0.765. The van der Waals surface area contributed by atoms with E-state index in [9.17, 15) is 9.65 Å². The molecule has 0 aliphatic heterocycles. The molecule has 0 atom stereocenters. The molecule has 11 heteroatoms. The summed E-state index contributed by atoms with van der Waals surface area (Å²) in [5.41, 5.74) is 11.8. The van der Waals surface area contributed by atoms with Gasteiger partial charge in [0.05, 0.1) is 23.9 Å². The van der Waals surface area contributed by atoms with Crippen LogP contribution in [0.3, 0.4) is 0 Å². The summed E-state index contributed by atoms with van der Waals surface area (Å²) in [7, 11) is 1.41. The predicted molar refractivity (Wildman–Crippen MR) is 146 cm³/mol. The van der Waals surface area contributed by atoms with Gasteiger partial charge in [0.25, 0.3) is 6.02 Å². The van der Waals surface area contributed by atoms with E-state index in [1.807, 2.05) is 19.9 Å². The first-order valence-electron chi connectivity index (χ1n) is 12.1. The third-order valence-electron chi connectivity index (χ3n) is 5.50. The monoisotopic (exact) mass is 512 g/mol. The molecule has 0 aliphatic carbocycles. The van der Waals surface area contributed by atoms with Crippen LogP contribution in [0, 0.1) is 34.9 Å². The van der Waals surface area contributed by atoms with E-state index in [0.717, 1.165) is 26.1 Å². The number of hydrogen-bond acceptors (Lipinski definition) is 9. The number of benzene rings is 1. The van der Waals surface area contributed by atoms with E-state index in [1.165, 1.54) is 25.3 Å². The van der Waals surface area contributed by atoms with Gasteiger partial charge < -0.3 is 25.8 Å². The van der Waals surface area contributed by atoms with Gasteiger partial charge in [-0.15, -0.1) is 0 Å². The Morgan fingerprint density at radius 2 is 1.89 bits per heavy atom. The van der Waals surface area contributed by atoms with Crippen molar-refractivity contribution in [1.29, 1.82) is 16.1 Å². The first kappa shape index (κ1) is 31.0. The molecule has 0 fully saturated rings. The minimum Gasteiger partial charge on any atom is -0.497 e. The van der Waals surface area contributed by atoms with Gasteiger partial charge in [-0.2, -0.15) is 5.26 Å². The smallest absolute Gasteiger partial charge is 0.288 e. The van der Waals surface area contributed by atoms with Crippen LogP contribution < -0.4 is 16.2 Å². The van der Waals surface area contributed by atoms with Gasteiger partial charge in [0.15, 0.2) is 0 Å². The number of aliphatic imine (C=N–C) groups is 1. The van der Waals surface area contributed by atoms with Crippen molar-refractivity contribution in [2.24, 2.45) is 10.7 Å². The fourth-order valence-corrected chi connectivity index (χ4v) is 3.51. The number of nitrogens with one attached hydrogen (secondary N) is 2. The standard InChI is InChI=1S/C24H31FN8O2.C2H6/c1-5-33(6-2)11-7-10-31-24(30)35-23(29)20(27)19-14(3)17(13-26)21(32-22(19)28)16-9-8-15(34-4)12-18(16)25;1-2/h8-9,12,27,29H,5-7,10-11H2,1-4H3,(H2,28,32)(H2,30,31);1-2H3. The van der Waals surface area contributed by atoms with Crippen molar-refractivity contribution in [3.05, 3.63) is 40.7 Å². The molecular weight excluding hydrogens is 475 g/mol. The van der Waals surface area contributed by atoms with Crippen molar-refractivity contribution in [3.63, 3.8) is 0 Å². The summed E-state index contributed by atoms with van der Waals surface area (Å²) in [6.45, 7) is 12.9. The summed E-state index contributed by atoms with van der Waals surface area (Å²) in [5, 5.41) is 26.3. The molecule has 0 unspecified atom stereocenters. The van der Waals surface area contributed by atoms with Crippen LogP contribution in [0.25, 0.3) is 11.3 Å². The van der Waals surface area contributed by atoms with Crippen LogP contribution >= 0.6 is 0 Å². The Labute approximate surface area is 218 Å².